The fourth-order valence-corrected chi connectivity index (χ4v) is 3.12. The van der Waals surface area contributed by atoms with Gasteiger partial charge in [0.05, 0.1) is 0 Å². The quantitative estimate of drug-likeness (QED) is 0.383. The lowest BCUT2D eigenvalue weighted by molar-refractivity contribution is -0.136. The zero-order valence-corrected chi connectivity index (χ0v) is 17.6. The van der Waals surface area contributed by atoms with Gasteiger partial charge in [0.1, 0.15) is 12.4 Å². The summed E-state index contributed by atoms with van der Waals surface area (Å²) in [6.45, 7) is 0.520. The van der Waals surface area contributed by atoms with Crippen molar-refractivity contribution in [3.05, 3.63) is 83.5 Å². The maximum Gasteiger partial charge on any atom is 0.313 e. The fraction of sp³-hybridized carbons (Fsp3) is 0.192. The zero-order chi connectivity index (χ0) is 22.8. The summed E-state index contributed by atoms with van der Waals surface area (Å²) in [4.78, 5) is 36.6. The number of carbonyl (C=O) groups is 3. The van der Waals surface area contributed by atoms with Crippen LogP contribution in [0.2, 0.25) is 0 Å². The molecule has 32 heavy (non-hydrogen) atoms. The average Bonchev–Trinajstić information content (AvgIpc) is 2.84. The summed E-state index contributed by atoms with van der Waals surface area (Å²) in [6, 6.07) is 13.8. The predicted molar refractivity (Wildman–Crippen MR) is 123 cm³/mol. The van der Waals surface area contributed by atoms with Crippen molar-refractivity contribution < 1.29 is 19.1 Å². The van der Waals surface area contributed by atoms with Gasteiger partial charge in [0.15, 0.2) is 5.78 Å². The van der Waals surface area contributed by atoms with E-state index in [9.17, 15) is 14.4 Å². The highest BCUT2D eigenvalue weighted by Crippen LogP contribution is 2.17. The van der Waals surface area contributed by atoms with Gasteiger partial charge in [-0.2, -0.15) is 0 Å². The third kappa shape index (κ3) is 6.44. The molecule has 2 aromatic rings. The Morgan fingerprint density at radius 1 is 0.969 bits per heavy atom. The van der Waals surface area contributed by atoms with Crippen LogP contribution in [0.1, 0.15) is 28.8 Å². The number of carbonyl (C=O) groups excluding carboxylic acids is 3. The lowest BCUT2D eigenvalue weighted by Crippen LogP contribution is -2.36. The summed E-state index contributed by atoms with van der Waals surface area (Å²) in [6.07, 6.45) is 13.2. The molecule has 0 fully saturated rings. The van der Waals surface area contributed by atoms with E-state index in [2.05, 4.69) is 16.6 Å². The fourth-order valence-electron chi connectivity index (χ4n) is 3.12. The van der Waals surface area contributed by atoms with Crippen LogP contribution in [0.4, 0.5) is 5.69 Å². The number of nitrogens with one attached hydrogen (secondary N) is 2. The Labute approximate surface area is 187 Å². The van der Waals surface area contributed by atoms with E-state index in [-0.39, 0.29) is 12.4 Å². The van der Waals surface area contributed by atoms with Crippen molar-refractivity contribution in [1.29, 1.82) is 0 Å². The third-order valence-electron chi connectivity index (χ3n) is 4.81. The van der Waals surface area contributed by atoms with Crippen LogP contribution in [0, 0.1) is 12.3 Å². The summed E-state index contributed by atoms with van der Waals surface area (Å²) in [7, 11) is 0. The van der Waals surface area contributed by atoms with E-state index in [1.54, 1.807) is 36.4 Å². The molecule has 0 saturated carbocycles. The molecule has 0 heterocycles. The summed E-state index contributed by atoms with van der Waals surface area (Å²) in [5.41, 5.74) is 2.63. The number of ketones is 1. The van der Waals surface area contributed by atoms with Crippen molar-refractivity contribution in [1.82, 2.24) is 5.32 Å². The van der Waals surface area contributed by atoms with Crippen LogP contribution in [0.25, 0.3) is 0 Å². The topological polar surface area (TPSA) is 84.5 Å². The molecular weight excluding hydrogens is 404 g/mol. The molecule has 0 atom stereocenters. The number of anilines is 1. The monoisotopic (exact) mass is 428 g/mol. The average molecular weight is 428 g/mol. The highest BCUT2D eigenvalue weighted by atomic mass is 16.5. The molecule has 162 valence electrons. The second kappa shape index (κ2) is 11.3. The molecule has 0 aliphatic heterocycles. The molecule has 2 amide bonds. The minimum Gasteiger partial charge on any atom is -0.481 e. The van der Waals surface area contributed by atoms with Gasteiger partial charge in [-0.3, -0.25) is 14.4 Å². The van der Waals surface area contributed by atoms with Crippen molar-refractivity contribution in [3.8, 4) is 18.1 Å². The number of hydrogen-bond donors (Lipinski definition) is 2. The molecule has 6 heteroatoms. The predicted octanol–water partition coefficient (Wildman–Crippen LogP) is 3.46. The Morgan fingerprint density at radius 2 is 1.72 bits per heavy atom. The second-order valence-corrected chi connectivity index (χ2v) is 7.14. The number of benzene rings is 2. The molecule has 1 aliphatic rings. The van der Waals surface area contributed by atoms with Gasteiger partial charge in [0.2, 0.25) is 0 Å². The number of hydrogen-bond acceptors (Lipinski definition) is 4. The van der Waals surface area contributed by atoms with E-state index >= 15 is 0 Å². The first-order valence-electron chi connectivity index (χ1n) is 10.3. The highest BCUT2D eigenvalue weighted by Gasteiger charge is 2.15. The number of rotatable bonds is 8. The van der Waals surface area contributed by atoms with Crippen molar-refractivity contribution in [3.63, 3.8) is 0 Å². The van der Waals surface area contributed by atoms with Gasteiger partial charge in [0.25, 0.3) is 0 Å². The molecule has 0 saturated heterocycles. The lowest BCUT2D eigenvalue weighted by Gasteiger charge is -2.09. The Hall–Kier alpha value is -4.11. The Morgan fingerprint density at radius 3 is 2.38 bits per heavy atom. The smallest absolute Gasteiger partial charge is 0.313 e. The van der Waals surface area contributed by atoms with Crippen LogP contribution >= 0.6 is 0 Å². The SMILES string of the molecule is C#CCOc1ccc(CCNC(=O)C(=O)Nc2ccc(C(=O)C3=CCCC=C3)cc2)cc1. The van der Waals surface area contributed by atoms with E-state index in [0.717, 1.165) is 18.4 Å². The molecule has 0 aromatic heterocycles. The standard InChI is InChI=1S/C26H24N2O4/c1-2-18-32-23-14-8-19(9-15-23)16-17-27-25(30)26(31)28-22-12-10-21(11-13-22)24(29)20-6-4-3-5-7-20/h1,4,6-15H,3,5,16-18H2,(H,27,30)(H,28,31). The van der Waals surface area contributed by atoms with Gasteiger partial charge in [-0.15, -0.1) is 6.42 Å². The summed E-state index contributed by atoms with van der Waals surface area (Å²) >= 11 is 0. The van der Waals surface area contributed by atoms with Crippen molar-refractivity contribution in [2.45, 2.75) is 19.3 Å². The minimum absolute atomic E-state index is 0.0628. The first-order valence-corrected chi connectivity index (χ1v) is 10.3. The number of Topliss-reactive ketones (excluding diaryl/α,β-unsaturated/α-hetero) is 1. The number of ether oxygens (including phenoxy) is 1. The van der Waals surface area contributed by atoms with Crippen LogP contribution in [0.5, 0.6) is 5.75 Å². The third-order valence-corrected chi connectivity index (χ3v) is 4.81. The molecule has 0 bridgehead atoms. The minimum atomic E-state index is -0.764. The van der Waals surface area contributed by atoms with Gasteiger partial charge in [-0.05, 0) is 61.2 Å². The summed E-state index contributed by atoms with van der Waals surface area (Å²) in [5, 5.41) is 5.13. The molecule has 2 N–H and O–H groups in total. The molecule has 3 rings (SSSR count). The van der Waals surface area contributed by atoms with Crippen LogP contribution in [0.3, 0.4) is 0 Å². The van der Waals surface area contributed by atoms with Crippen molar-refractivity contribution in [2.75, 3.05) is 18.5 Å². The second-order valence-electron chi connectivity index (χ2n) is 7.14. The van der Waals surface area contributed by atoms with Crippen LogP contribution < -0.4 is 15.4 Å². The molecule has 1 aliphatic carbocycles. The van der Waals surface area contributed by atoms with Gasteiger partial charge in [0, 0.05) is 23.4 Å². The normalized spacial score (nSPS) is 12.3. The van der Waals surface area contributed by atoms with E-state index in [4.69, 9.17) is 11.2 Å². The van der Waals surface area contributed by atoms with E-state index in [0.29, 0.717) is 35.5 Å². The van der Waals surface area contributed by atoms with Gasteiger partial charge in [-0.25, -0.2) is 0 Å². The van der Waals surface area contributed by atoms with Crippen molar-refractivity contribution in [2.24, 2.45) is 0 Å². The largest absolute Gasteiger partial charge is 0.481 e. The first kappa shape index (κ1) is 22.6. The molecule has 0 unspecified atom stereocenters. The maximum atomic E-state index is 12.5. The molecule has 0 radical (unpaired) electrons. The van der Waals surface area contributed by atoms with Crippen molar-refractivity contribution >= 4 is 23.3 Å². The van der Waals surface area contributed by atoms with Gasteiger partial charge < -0.3 is 15.4 Å². The maximum absolute atomic E-state index is 12.5. The van der Waals surface area contributed by atoms with E-state index in [1.807, 2.05) is 30.4 Å². The van der Waals surface area contributed by atoms with E-state index < -0.39 is 11.8 Å². The Kier molecular flexibility index (Phi) is 7.99. The number of amides is 2. The van der Waals surface area contributed by atoms with Crippen LogP contribution in [-0.2, 0) is 16.0 Å². The zero-order valence-electron chi connectivity index (χ0n) is 17.6. The summed E-state index contributed by atoms with van der Waals surface area (Å²) in [5.74, 6) is 1.52. The highest BCUT2D eigenvalue weighted by molar-refractivity contribution is 6.39. The van der Waals surface area contributed by atoms with Crippen LogP contribution in [-0.4, -0.2) is 30.7 Å². The number of terminal acetylenes is 1. The Bertz CT molecular complexity index is 1070. The lowest BCUT2D eigenvalue weighted by atomic mass is 9.98. The van der Waals surface area contributed by atoms with Gasteiger partial charge in [-0.1, -0.05) is 36.3 Å². The van der Waals surface area contributed by atoms with E-state index in [1.165, 1.54) is 0 Å². The summed E-state index contributed by atoms with van der Waals surface area (Å²) < 4.78 is 5.31. The first-order chi connectivity index (χ1) is 15.6. The molecular formula is C26H24N2O4. The van der Waals surface area contributed by atoms with Crippen LogP contribution in [0.15, 0.2) is 72.3 Å². The molecule has 6 nitrogen and oxygen atoms in total. The number of allylic oxidation sites excluding steroid dienone is 4. The molecule has 0 spiro atoms. The van der Waals surface area contributed by atoms with Gasteiger partial charge >= 0.3 is 11.8 Å². The molecule has 2 aromatic carbocycles. The Balaban J connectivity index is 1.44.